The maximum absolute atomic E-state index is 13.0. The summed E-state index contributed by atoms with van der Waals surface area (Å²) in [5.41, 5.74) is 1.46. The molecule has 0 bridgehead atoms. The molecule has 8 heteroatoms. The van der Waals surface area contributed by atoms with E-state index in [1.54, 1.807) is 18.2 Å². The minimum atomic E-state index is -3.62. The van der Waals surface area contributed by atoms with Crippen LogP contribution in [0.5, 0.6) is 0 Å². The number of esters is 1. The zero-order valence-corrected chi connectivity index (χ0v) is 15.8. The summed E-state index contributed by atoms with van der Waals surface area (Å²) in [5.74, 6) is -0.847. The lowest BCUT2D eigenvalue weighted by atomic mass is 10.1. The molecule has 1 aliphatic rings. The van der Waals surface area contributed by atoms with E-state index in [1.807, 2.05) is 6.07 Å². The molecule has 0 aromatic heterocycles. The van der Waals surface area contributed by atoms with Crippen molar-refractivity contribution in [2.45, 2.75) is 11.4 Å². The van der Waals surface area contributed by atoms with Crippen molar-refractivity contribution in [2.24, 2.45) is 0 Å². The van der Waals surface area contributed by atoms with Crippen LogP contribution >= 0.6 is 0 Å². The van der Waals surface area contributed by atoms with Crippen LogP contribution in [0.1, 0.15) is 15.9 Å². The Hall–Kier alpha value is -2.29. The van der Waals surface area contributed by atoms with Crippen molar-refractivity contribution in [3.63, 3.8) is 0 Å². The van der Waals surface area contributed by atoms with E-state index in [9.17, 15) is 17.6 Å². The lowest BCUT2D eigenvalue weighted by molar-refractivity contribution is 0.0600. The number of methoxy groups -OCH3 is 1. The second-order valence-corrected chi connectivity index (χ2v) is 8.26. The molecule has 0 atom stereocenters. The van der Waals surface area contributed by atoms with Gasteiger partial charge in [-0.3, -0.25) is 4.90 Å². The molecule has 6 nitrogen and oxygen atoms in total. The van der Waals surface area contributed by atoms with E-state index in [1.165, 1.54) is 23.5 Å². The Morgan fingerprint density at radius 1 is 1.07 bits per heavy atom. The number of ether oxygens (including phenoxy) is 1. The van der Waals surface area contributed by atoms with Crippen LogP contribution in [-0.2, 0) is 21.3 Å². The number of hydrogen-bond acceptors (Lipinski definition) is 5. The second kappa shape index (κ2) is 8.16. The molecule has 0 saturated carbocycles. The quantitative estimate of drug-likeness (QED) is 0.730. The van der Waals surface area contributed by atoms with Crippen LogP contribution in [-0.4, -0.2) is 56.9 Å². The molecule has 0 aliphatic carbocycles. The molecule has 27 heavy (non-hydrogen) atoms. The van der Waals surface area contributed by atoms with Crippen molar-refractivity contribution in [2.75, 3.05) is 33.3 Å². The number of rotatable bonds is 5. The lowest BCUT2D eigenvalue weighted by Gasteiger charge is -2.34. The summed E-state index contributed by atoms with van der Waals surface area (Å²) in [4.78, 5) is 13.9. The highest BCUT2D eigenvalue weighted by atomic mass is 32.2. The fraction of sp³-hybridized carbons (Fsp3) is 0.316. The molecule has 2 aromatic carbocycles. The van der Waals surface area contributed by atoms with E-state index < -0.39 is 15.8 Å². The molecule has 0 radical (unpaired) electrons. The van der Waals surface area contributed by atoms with Gasteiger partial charge in [-0.25, -0.2) is 17.6 Å². The average Bonchev–Trinajstić information content (AvgIpc) is 2.68. The van der Waals surface area contributed by atoms with Gasteiger partial charge in [0.1, 0.15) is 5.82 Å². The predicted molar refractivity (Wildman–Crippen MR) is 98.2 cm³/mol. The summed E-state index contributed by atoms with van der Waals surface area (Å²) in [6.07, 6.45) is 0. The smallest absolute Gasteiger partial charge is 0.337 e. The largest absolute Gasteiger partial charge is 0.465 e. The lowest BCUT2D eigenvalue weighted by Crippen LogP contribution is -2.48. The molecule has 2 aromatic rings. The number of benzene rings is 2. The zero-order valence-electron chi connectivity index (χ0n) is 15.0. The van der Waals surface area contributed by atoms with Crippen molar-refractivity contribution in [3.8, 4) is 0 Å². The van der Waals surface area contributed by atoms with E-state index in [4.69, 9.17) is 4.74 Å². The van der Waals surface area contributed by atoms with Gasteiger partial charge in [-0.2, -0.15) is 4.31 Å². The first kappa shape index (κ1) is 19.5. The summed E-state index contributed by atoms with van der Waals surface area (Å²) in [7, 11) is -2.27. The van der Waals surface area contributed by atoms with Gasteiger partial charge in [-0.15, -0.1) is 0 Å². The van der Waals surface area contributed by atoms with Crippen LogP contribution < -0.4 is 0 Å². The first-order valence-corrected chi connectivity index (χ1v) is 9.99. The standard InChI is InChI=1S/C19H21FN2O4S/c1-26-19(23)16-4-2-3-15(13-16)14-21-9-11-22(12-10-21)27(24,25)18-7-5-17(20)6-8-18/h2-8,13H,9-12,14H2,1H3. The summed E-state index contributed by atoms with van der Waals surface area (Å²) in [6, 6.07) is 12.1. The SMILES string of the molecule is COC(=O)c1cccc(CN2CCN(S(=O)(=O)c3ccc(F)cc3)CC2)c1. The highest BCUT2D eigenvalue weighted by Gasteiger charge is 2.28. The third-order valence-corrected chi connectivity index (χ3v) is 6.45. The molecule has 1 saturated heterocycles. The van der Waals surface area contributed by atoms with Gasteiger partial charge in [-0.1, -0.05) is 12.1 Å². The van der Waals surface area contributed by atoms with E-state index >= 15 is 0 Å². The molecule has 0 spiro atoms. The number of hydrogen-bond donors (Lipinski definition) is 0. The molecular formula is C19H21FN2O4S. The Labute approximate surface area is 158 Å². The number of carbonyl (C=O) groups is 1. The van der Waals surface area contributed by atoms with Gasteiger partial charge < -0.3 is 4.74 Å². The molecule has 0 amide bonds. The van der Waals surface area contributed by atoms with E-state index in [0.29, 0.717) is 38.3 Å². The van der Waals surface area contributed by atoms with Crippen molar-refractivity contribution in [1.29, 1.82) is 0 Å². The molecule has 3 rings (SSSR count). The first-order chi connectivity index (χ1) is 12.9. The van der Waals surface area contributed by atoms with Crippen LogP contribution in [0.3, 0.4) is 0 Å². The minimum absolute atomic E-state index is 0.100. The normalized spacial score (nSPS) is 16.2. The van der Waals surface area contributed by atoms with Crippen LogP contribution in [0, 0.1) is 5.82 Å². The Morgan fingerprint density at radius 2 is 1.74 bits per heavy atom. The van der Waals surface area contributed by atoms with Crippen molar-refractivity contribution < 1.29 is 22.3 Å². The monoisotopic (exact) mass is 392 g/mol. The topological polar surface area (TPSA) is 66.9 Å². The van der Waals surface area contributed by atoms with Gasteiger partial charge in [0, 0.05) is 32.7 Å². The van der Waals surface area contributed by atoms with Gasteiger partial charge in [-0.05, 0) is 42.0 Å². The minimum Gasteiger partial charge on any atom is -0.465 e. The number of nitrogens with zero attached hydrogens (tertiary/aromatic N) is 2. The van der Waals surface area contributed by atoms with E-state index in [2.05, 4.69) is 4.90 Å². The van der Waals surface area contributed by atoms with Crippen LogP contribution in [0.25, 0.3) is 0 Å². The van der Waals surface area contributed by atoms with Gasteiger partial charge in [0.05, 0.1) is 17.6 Å². The van der Waals surface area contributed by atoms with Crippen LogP contribution in [0.4, 0.5) is 4.39 Å². The summed E-state index contributed by atoms with van der Waals surface area (Å²) >= 11 is 0. The van der Waals surface area contributed by atoms with E-state index in [0.717, 1.165) is 17.7 Å². The first-order valence-electron chi connectivity index (χ1n) is 8.55. The van der Waals surface area contributed by atoms with Gasteiger partial charge in [0.15, 0.2) is 0 Å². The van der Waals surface area contributed by atoms with Crippen molar-refractivity contribution in [1.82, 2.24) is 9.21 Å². The Morgan fingerprint density at radius 3 is 2.37 bits per heavy atom. The molecule has 1 aliphatic heterocycles. The maximum Gasteiger partial charge on any atom is 0.337 e. The van der Waals surface area contributed by atoms with Gasteiger partial charge in [0.2, 0.25) is 10.0 Å². The fourth-order valence-corrected chi connectivity index (χ4v) is 4.48. The van der Waals surface area contributed by atoms with Crippen molar-refractivity contribution >= 4 is 16.0 Å². The molecule has 144 valence electrons. The number of sulfonamides is 1. The third kappa shape index (κ3) is 4.52. The third-order valence-electron chi connectivity index (χ3n) is 4.54. The van der Waals surface area contributed by atoms with Crippen molar-refractivity contribution in [3.05, 3.63) is 65.5 Å². The Balaban J connectivity index is 1.62. The molecule has 0 unspecified atom stereocenters. The van der Waals surface area contributed by atoms with Gasteiger partial charge >= 0.3 is 5.97 Å². The molecular weight excluding hydrogens is 371 g/mol. The summed E-state index contributed by atoms with van der Waals surface area (Å²) < 4.78 is 44.5. The Bertz CT molecular complexity index is 908. The highest BCUT2D eigenvalue weighted by molar-refractivity contribution is 7.89. The summed E-state index contributed by atoms with van der Waals surface area (Å²) in [5, 5.41) is 0. The zero-order chi connectivity index (χ0) is 19.4. The van der Waals surface area contributed by atoms with E-state index in [-0.39, 0.29) is 10.9 Å². The molecule has 0 N–H and O–H groups in total. The predicted octanol–water partition coefficient (Wildman–Crippen LogP) is 2.12. The van der Waals surface area contributed by atoms with Crippen LogP contribution in [0.15, 0.2) is 53.4 Å². The molecule has 1 heterocycles. The molecule has 1 fully saturated rings. The number of halogens is 1. The fourth-order valence-electron chi connectivity index (χ4n) is 3.06. The number of piperazine rings is 1. The number of carbonyl (C=O) groups excluding carboxylic acids is 1. The maximum atomic E-state index is 13.0. The summed E-state index contributed by atoms with van der Waals surface area (Å²) in [6.45, 7) is 2.48. The van der Waals surface area contributed by atoms with Gasteiger partial charge in [0.25, 0.3) is 0 Å². The second-order valence-electron chi connectivity index (χ2n) is 6.33. The highest BCUT2D eigenvalue weighted by Crippen LogP contribution is 2.19. The Kier molecular flexibility index (Phi) is 5.88. The van der Waals surface area contributed by atoms with Crippen LogP contribution in [0.2, 0.25) is 0 Å². The average molecular weight is 392 g/mol.